The summed E-state index contributed by atoms with van der Waals surface area (Å²) in [7, 11) is 0. The van der Waals surface area contributed by atoms with Gasteiger partial charge in [-0.1, -0.05) is 0 Å². The summed E-state index contributed by atoms with van der Waals surface area (Å²) < 4.78 is 4.98. The Labute approximate surface area is 49.8 Å². The number of hydrogen-bond acceptors (Lipinski definition) is 2. The van der Waals surface area contributed by atoms with Gasteiger partial charge in [-0.15, -0.1) is 0 Å². The molecule has 1 N–H and O–H groups in total. The molecule has 0 saturated heterocycles. The van der Waals surface area contributed by atoms with Crippen molar-refractivity contribution < 1.29 is 9.84 Å². The molecule has 0 aliphatic heterocycles. The van der Waals surface area contributed by atoms with Crippen molar-refractivity contribution in [3.05, 3.63) is 11.8 Å². The van der Waals surface area contributed by atoms with Crippen LogP contribution in [0.5, 0.6) is 0 Å². The number of aliphatic hydroxyl groups excluding tert-OH is 1. The number of ether oxygens (including phenoxy) is 1. The van der Waals surface area contributed by atoms with Crippen LogP contribution in [-0.4, -0.2) is 18.3 Å². The third kappa shape index (κ3) is 3.68. The van der Waals surface area contributed by atoms with Crippen molar-refractivity contribution in [2.24, 2.45) is 0 Å². The van der Waals surface area contributed by atoms with Crippen LogP contribution in [0.3, 0.4) is 0 Å². The van der Waals surface area contributed by atoms with Crippen LogP contribution in [0.25, 0.3) is 0 Å². The summed E-state index contributed by atoms with van der Waals surface area (Å²) in [5.41, 5.74) is 0. The first-order valence-corrected chi connectivity index (χ1v) is 2.71. The van der Waals surface area contributed by atoms with Gasteiger partial charge in [0.05, 0.1) is 19.0 Å². The van der Waals surface area contributed by atoms with E-state index in [1.54, 1.807) is 6.08 Å². The van der Waals surface area contributed by atoms with Crippen molar-refractivity contribution in [2.45, 2.75) is 13.8 Å². The van der Waals surface area contributed by atoms with Crippen molar-refractivity contribution >= 4 is 0 Å². The molecule has 0 heterocycles. The van der Waals surface area contributed by atoms with E-state index in [1.807, 2.05) is 13.8 Å². The highest BCUT2D eigenvalue weighted by atomic mass is 16.5. The zero-order chi connectivity index (χ0) is 6.41. The average Bonchev–Trinajstić information content (AvgIpc) is 1.68. The van der Waals surface area contributed by atoms with Gasteiger partial charge >= 0.3 is 0 Å². The van der Waals surface area contributed by atoms with Crippen molar-refractivity contribution in [1.82, 2.24) is 0 Å². The van der Waals surface area contributed by atoms with E-state index in [0.717, 1.165) is 5.76 Å². The molecule has 0 rings (SSSR count). The maximum atomic E-state index is 8.31. The monoisotopic (exact) mass is 116 g/mol. The van der Waals surface area contributed by atoms with E-state index in [4.69, 9.17) is 9.84 Å². The summed E-state index contributed by atoms with van der Waals surface area (Å²) in [6, 6.07) is 0. The summed E-state index contributed by atoms with van der Waals surface area (Å²) in [5, 5.41) is 8.31. The Hall–Kier alpha value is -0.500. The maximum Gasteiger partial charge on any atom is 0.0911 e. The topological polar surface area (TPSA) is 29.5 Å². The quantitative estimate of drug-likeness (QED) is 0.555. The van der Waals surface area contributed by atoms with Crippen LogP contribution in [-0.2, 0) is 4.74 Å². The van der Waals surface area contributed by atoms with E-state index in [9.17, 15) is 0 Å². The number of aliphatic hydroxyl groups is 1. The molecule has 0 bridgehead atoms. The third-order valence-corrected chi connectivity index (χ3v) is 0.751. The molecule has 0 unspecified atom stereocenters. The molecule has 0 atom stereocenters. The molecule has 0 aliphatic carbocycles. The zero-order valence-electron chi connectivity index (χ0n) is 5.35. The molecule has 2 heteroatoms. The number of allylic oxidation sites excluding steroid dienone is 1. The molecule has 0 amide bonds. The highest BCUT2D eigenvalue weighted by molar-refractivity contribution is 4.87. The third-order valence-electron chi connectivity index (χ3n) is 0.751. The molecule has 0 spiro atoms. The van der Waals surface area contributed by atoms with E-state index in [1.165, 1.54) is 0 Å². The Morgan fingerprint density at radius 3 is 2.75 bits per heavy atom. The molecule has 0 aromatic heterocycles. The summed E-state index contributed by atoms with van der Waals surface area (Å²) in [5.74, 6) is 0.787. The van der Waals surface area contributed by atoms with Gasteiger partial charge in [-0.25, -0.2) is 0 Å². The first-order valence-electron chi connectivity index (χ1n) is 2.71. The van der Waals surface area contributed by atoms with Gasteiger partial charge in [0.1, 0.15) is 0 Å². The lowest BCUT2D eigenvalue weighted by Crippen LogP contribution is -1.87. The second-order valence-electron chi connectivity index (χ2n) is 1.43. The van der Waals surface area contributed by atoms with Gasteiger partial charge in [0.2, 0.25) is 0 Å². The minimum atomic E-state index is 0.0613. The van der Waals surface area contributed by atoms with Gasteiger partial charge in [-0.2, -0.15) is 0 Å². The van der Waals surface area contributed by atoms with Crippen LogP contribution in [0.2, 0.25) is 0 Å². The number of hydrogen-bond donors (Lipinski definition) is 1. The zero-order valence-corrected chi connectivity index (χ0v) is 5.35. The Bertz CT molecular complexity index is 76.6. The fraction of sp³-hybridized carbons (Fsp3) is 0.667. The van der Waals surface area contributed by atoms with Gasteiger partial charge in [0.15, 0.2) is 0 Å². The van der Waals surface area contributed by atoms with Gasteiger partial charge in [0, 0.05) is 0 Å². The average molecular weight is 116 g/mol. The summed E-state index contributed by atoms with van der Waals surface area (Å²) >= 11 is 0. The van der Waals surface area contributed by atoms with E-state index in [0.29, 0.717) is 6.61 Å². The van der Waals surface area contributed by atoms with Crippen molar-refractivity contribution in [1.29, 1.82) is 0 Å². The lowest BCUT2D eigenvalue weighted by molar-refractivity contribution is 0.225. The molecule has 0 saturated carbocycles. The summed E-state index contributed by atoms with van der Waals surface area (Å²) in [4.78, 5) is 0. The first-order chi connectivity index (χ1) is 3.81. The van der Waals surface area contributed by atoms with Crippen LogP contribution in [0.15, 0.2) is 11.8 Å². The van der Waals surface area contributed by atoms with Crippen molar-refractivity contribution in [2.75, 3.05) is 13.2 Å². The van der Waals surface area contributed by atoms with Crippen LogP contribution < -0.4 is 0 Å². The predicted octanol–water partition coefficient (Wildman–Crippen LogP) is 0.919. The molecule has 48 valence electrons. The van der Waals surface area contributed by atoms with Gasteiger partial charge in [-0.05, 0) is 19.9 Å². The normalized spacial score (nSPS) is 11.6. The largest absolute Gasteiger partial charge is 0.499 e. The molecular weight excluding hydrogens is 104 g/mol. The summed E-state index contributed by atoms with van der Waals surface area (Å²) in [6.45, 7) is 4.46. The molecular formula is C6H12O2. The van der Waals surface area contributed by atoms with E-state index in [2.05, 4.69) is 0 Å². The fourth-order valence-electron chi connectivity index (χ4n) is 0.415. The van der Waals surface area contributed by atoms with Crippen LogP contribution in [0, 0.1) is 0 Å². The predicted molar refractivity (Wildman–Crippen MR) is 32.5 cm³/mol. The molecule has 0 aliphatic rings. The molecule has 0 aromatic carbocycles. The van der Waals surface area contributed by atoms with Crippen molar-refractivity contribution in [3.63, 3.8) is 0 Å². The second-order valence-corrected chi connectivity index (χ2v) is 1.43. The minimum absolute atomic E-state index is 0.0613. The van der Waals surface area contributed by atoms with Crippen LogP contribution in [0.4, 0.5) is 0 Å². The van der Waals surface area contributed by atoms with Gasteiger partial charge in [-0.3, -0.25) is 0 Å². The Balaban J connectivity index is 3.29. The first kappa shape index (κ1) is 7.50. The summed E-state index contributed by atoms with van der Waals surface area (Å²) in [6.07, 6.45) is 1.63. The van der Waals surface area contributed by atoms with Gasteiger partial charge in [0.25, 0.3) is 0 Å². The minimum Gasteiger partial charge on any atom is -0.499 e. The lowest BCUT2D eigenvalue weighted by atomic mass is 10.5. The SMILES string of the molecule is CCO/C(C)=C\CO. The van der Waals surface area contributed by atoms with Gasteiger partial charge < -0.3 is 9.84 Å². The van der Waals surface area contributed by atoms with Crippen LogP contribution in [0.1, 0.15) is 13.8 Å². The standard InChI is InChI=1S/C6H12O2/c1-3-8-6(2)4-5-7/h4,7H,3,5H2,1-2H3/b6-4-. The molecule has 0 fully saturated rings. The Morgan fingerprint density at radius 1 is 1.75 bits per heavy atom. The van der Waals surface area contributed by atoms with E-state index >= 15 is 0 Å². The van der Waals surface area contributed by atoms with E-state index in [-0.39, 0.29) is 6.61 Å². The molecule has 0 aromatic rings. The highest BCUT2D eigenvalue weighted by Gasteiger charge is 1.81. The smallest absolute Gasteiger partial charge is 0.0911 e. The van der Waals surface area contributed by atoms with Crippen LogP contribution >= 0.6 is 0 Å². The van der Waals surface area contributed by atoms with Crippen molar-refractivity contribution in [3.8, 4) is 0 Å². The highest BCUT2D eigenvalue weighted by Crippen LogP contribution is 1.91. The maximum absolute atomic E-state index is 8.31. The molecule has 0 radical (unpaired) electrons. The molecule has 8 heavy (non-hydrogen) atoms. The number of rotatable bonds is 3. The lowest BCUT2D eigenvalue weighted by Gasteiger charge is -1.99. The van der Waals surface area contributed by atoms with E-state index < -0.39 is 0 Å². The Kier molecular flexibility index (Phi) is 4.36. The fourth-order valence-corrected chi connectivity index (χ4v) is 0.415. The Morgan fingerprint density at radius 2 is 2.38 bits per heavy atom. The second kappa shape index (κ2) is 4.65. The molecule has 2 nitrogen and oxygen atoms in total.